The highest BCUT2D eigenvalue weighted by atomic mass is 16.5. The highest BCUT2D eigenvalue weighted by Gasteiger charge is 2.28. The molecule has 1 aromatic rings. The maximum atomic E-state index is 12.2. The molecule has 0 spiro atoms. The molecule has 0 aromatic heterocycles. The number of nitrogens with zero attached hydrogens (tertiary/aromatic N) is 1. The van der Waals surface area contributed by atoms with E-state index in [-0.39, 0.29) is 24.2 Å². The van der Waals surface area contributed by atoms with E-state index in [2.05, 4.69) is 0 Å². The minimum atomic E-state index is -0.0873. The van der Waals surface area contributed by atoms with Crippen LogP contribution in [-0.4, -0.2) is 25.3 Å². The van der Waals surface area contributed by atoms with Gasteiger partial charge < -0.3 is 9.64 Å². The zero-order chi connectivity index (χ0) is 12.7. The van der Waals surface area contributed by atoms with Crippen LogP contribution in [-0.2, 0) is 4.79 Å². The fourth-order valence-electron chi connectivity index (χ4n) is 2.33. The van der Waals surface area contributed by atoms with Crippen LogP contribution in [0.1, 0.15) is 29.6 Å². The molecule has 1 aliphatic heterocycles. The number of anilines is 1. The second kappa shape index (κ2) is 4.12. The lowest BCUT2D eigenvalue weighted by Gasteiger charge is -2.28. The molecule has 1 amide bonds. The zero-order valence-electron chi connectivity index (χ0n) is 10.3. The number of carbonyl (C=O) groups excluding carboxylic acids is 2. The summed E-state index contributed by atoms with van der Waals surface area (Å²) >= 11 is 0. The Labute approximate surface area is 106 Å². The molecule has 1 aliphatic carbocycles. The normalized spacial score (nSPS) is 18.9. The van der Waals surface area contributed by atoms with Crippen molar-refractivity contribution in [1.82, 2.24) is 0 Å². The third-order valence-electron chi connectivity index (χ3n) is 3.81. The number of Topliss-reactive ketones (excluding diaryl/α,β-unsaturated/α-hetero) is 1. The lowest BCUT2D eigenvalue weighted by atomic mass is 9.80. The Kier molecular flexibility index (Phi) is 2.58. The molecule has 4 heteroatoms. The summed E-state index contributed by atoms with van der Waals surface area (Å²) in [6.07, 6.45) is 3.12. The lowest BCUT2D eigenvalue weighted by molar-refractivity contribution is -0.120. The maximum Gasteiger partial charge on any atom is 0.264 e. The quantitative estimate of drug-likeness (QED) is 0.749. The number of ether oxygens (including phenoxy) is 1. The first kappa shape index (κ1) is 11.3. The van der Waals surface area contributed by atoms with Crippen LogP contribution >= 0.6 is 0 Å². The van der Waals surface area contributed by atoms with E-state index in [0.717, 1.165) is 19.3 Å². The highest BCUT2D eigenvalue weighted by Crippen LogP contribution is 2.35. The number of likely N-dealkylation sites (N-methyl/N-ethyl adjacent to an activating group) is 1. The molecular weight excluding hydrogens is 230 g/mol. The van der Waals surface area contributed by atoms with E-state index >= 15 is 0 Å². The topological polar surface area (TPSA) is 46.6 Å². The van der Waals surface area contributed by atoms with Gasteiger partial charge in [0.25, 0.3) is 5.91 Å². The summed E-state index contributed by atoms with van der Waals surface area (Å²) in [6.45, 7) is 0.0689. The minimum Gasteiger partial charge on any atom is -0.482 e. The maximum absolute atomic E-state index is 12.2. The molecule has 2 aliphatic rings. The molecule has 1 saturated carbocycles. The molecule has 0 N–H and O–H groups in total. The van der Waals surface area contributed by atoms with Gasteiger partial charge in [-0.05, 0) is 31.0 Å². The van der Waals surface area contributed by atoms with Gasteiger partial charge in [0, 0.05) is 18.5 Å². The van der Waals surface area contributed by atoms with Crippen LogP contribution in [0.5, 0.6) is 5.75 Å². The second-order valence-corrected chi connectivity index (χ2v) is 4.92. The Hall–Kier alpha value is -1.84. The van der Waals surface area contributed by atoms with Gasteiger partial charge in [0.2, 0.25) is 0 Å². The molecule has 4 nitrogen and oxygen atoms in total. The molecule has 1 fully saturated rings. The molecule has 1 heterocycles. The third-order valence-corrected chi connectivity index (χ3v) is 3.81. The largest absolute Gasteiger partial charge is 0.482 e. The predicted molar refractivity (Wildman–Crippen MR) is 67.0 cm³/mol. The van der Waals surface area contributed by atoms with E-state index in [0.29, 0.717) is 17.0 Å². The van der Waals surface area contributed by atoms with Crippen molar-refractivity contribution in [1.29, 1.82) is 0 Å². The Bertz CT molecular complexity index is 520. The molecule has 0 radical (unpaired) electrons. The number of hydrogen-bond acceptors (Lipinski definition) is 3. The van der Waals surface area contributed by atoms with Gasteiger partial charge in [-0.2, -0.15) is 0 Å². The highest BCUT2D eigenvalue weighted by molar-refractivity contribution is 6.02. The monoisotopic (exact) mass is 245 g/mol. The summed E-state index contributed by atoms with van der Waals surface area (Å²) in [6, 6.07) is 5.35. The Balaban J connectivity index is 1.94. The molecule has 94 valence electrons. The van der Waals surface area contributed by atoms with Gasteiger partial charge in [-0.25, -0.2) is 0 Å². The molecule has 0 atom stereocenters. The Morgan fingerprint density at radius 3 is 2.83 bits per heavy atom. The van der Waals surface area contributed by atoms with Crippen LogP contribution < -0.4 is 9.64 Å². The number of carbonyl (C=O) groups is 2. The van der Waals surface area contributed by atoms with Gasteiger partial charge in [0.1, 0.15) is 5.75 Å². The SMILES string of the molecule is CN1C(=O)COc2ccc(C(=O)C3CCC3)cc21. The molecule has 3 rings (SSSR count). The van der Waals surface area contributed by atoms with Crippen molar-refractivity contribution in [2.45, 2.75) is 19.3 Å². The van der Waals surface area contributed by atoms with Crippen molar-refractivity contribution < 1.29 is 14.3 Å². The van der Waals surface area contributed by atoms with Gasteiger partial charge in [-0.1, -0.05) is 6.42 Å². The van der Waals surface area contributed by atoms with Crippen LogP contribution in [0.15, 0.2) is 18.2 Å². The predicted octanol–water partition coefficient (Wildman–Crippen LogP) is 2.02. The van der Waals surface area contributed by atoms with Crippen LogP contribution in [0, 0.1) is 5.92 Å². The minimum absolute atomic E-state index is 0.0689. The van der Waals surface area contributed by atoms with Gasteiger partial charge in [0.15, 0.2) is 12.4 Å². The summed E-state index contributed by atoms with van der Waals surface area (Å²) in [7, 11) is 1.71. The zero-order valence-corrected chi connectivity index (χ0v) is 10.3. The number of hydrogen-bond donors (Lipinski definition) is 0. The average Bonchev–Trinajstić information content (AvgIpc) is 2.31. The molecule has 1 aromatic carbocycles. The molecule has 0 bridgehead atoms. The van der Waals surface area contributed by atoms with Crippen molar-refractivity contribution in [3.8, 4) is 5.75 Å². The van der Waals surface area contributed by atoms with Crippen molar-refractivity contribution >= 4 is 17.4 Å². The second-order valence-electron chi connectivity index (χ2n) is 4.92. The number of rotatable bonds is 2. The van der Waals surface area contributed by atoms with E-state index in [1.165, 1.54) is 0 Å². The van der Waals surface area contributed by atoms with E-state index in [1.54, 1.807) is 30.1 Å². The van der Waals surface area contributed by atoms with Crippen LogP contribution in [0.25, 0.3) is 0 Å². The van der Waals surface area contributed by atoms with E-state index in [9.17, 15) is 9.59 Å². The fourth-order valence-corrected chi connectivity index (χ4v) is 2.33. The standard InChI is InChI=1S/C14H15NO3/c1-15-11-7-10(14(17)9-3-2-4-9)5-6-12(11)18-8-13(15)16/h5-7,9H,2-4,8H2,1H3. The van der Waals surface area contributed by atoms with Gasteiger partial charge in [0.05, 0.1) is 5.69 Å². The number of benzene rings is 1. The number of fused-ring (bicyclic) bond motifs is 1. The summed E-state index contributed by atoms with van der Waals surface area (Å²) in [4.78, 5) is 25.3. The molecule has 0 unspecified atom stereocenters. The Morgan fingerprint density at radius 1 is 1.39 bits per heavy atom. The van der Waals surface area contributed by atoms with E-state index in [4.69, 9.17) is 4.74 Å². The third kappa shape index (κ3) is 1.68. The summed E-state index contributed by atoms with van der Waals surface area (Å²) < 4.78 is 5.34. The summed E-state index contributed by atoms with van der Waals surface area (Å²) in [5.41, 5.74) is 1.38. The fraction of sp³-hybridized carbons (Fsp3) is 0.429. The summed E-state index contributed by atoms with van der Waals surface area (Å²) in [5, 5.41) is 0. The van der Waals surface area contributed by atoms with Gasteiger partial charge in [-0.15, -0.1) is 0 Å². The van der Waals surface area contributed by atoms with Gasteiger partial charge in [-0.3, -0.25) is 9.59 Å². The number of amides is 1. The van der Waals surface area contributed by atoms with Crippen LogP contribution in [0.4, 0.5) is 5.69 Å². The molecule has 0 saturated heterocycles. The van der Waals surface area contributed by atoms with Crippen molar-refractivity contribution in [2.75, 3.05) is 18.6 Å². The molecular formula is C14H15NO3. The Morgan fingerprint density at radius 2 is 2.17 bits per heavy atom. The smallest absolute Gasteiger partial charge is 0.264 e. The number of ketones is 1. The first-order chi connectivity index (χ1) is 8.66. The lowest BCUT2D eigenvalue weighted by Crippen LogP contribution is -2.35. The first-order valence-corrected chi connectivity index (χ1v) is 6.24. The summed E-state index contributed by atoms with van der Waals surface area (Å²) in [5.74, 6) is 0.946. The van der Waals surface area contributed by atoms with Crippen molar-refractivity contribution in [3.05, 3.63) is 23.8 Å². The van der Waals surface area contributed by atoms with Crippen molar-refractivity contribution in [2.24, 2.45) is 5.92 Å². The molecule has 18 heavy (non-hydrogen) atoms. The van der Waals surface area contributed by atoms with Crippen LogP contribution in [0.2, 0.25) is 0 Å². The van der Waals surface area contributed by atoms with E-state index < -0.39 is 0 Å². The van der Waals surface area contributed by atoms with E-state index in [1.807, 2.05) is 0 Å². The van der Waals surface area contributed by atoms with Crippen LogP contribution in [0.3, 0.4) is 0 Å². The average molecular weight is 245 g/mol. The van der Waals surface area contributed by atoms with Crippen molar-refractivity contribution in [3.63, 3.8) is 0 Å². The first-order valence-electron chi connectivity index (χ1n) is 6.24. The van der Waals surface area contributed by atoms with Gasteiger partial charge >= 0.3 is 0 Å².